The largest absolute Gasteiger partial charge is 0.294 e. The van der Waals surface area contributed by atoms with Crippen molar-refractivity contribution in [2.75, 3.05) is 0 Å². The van der Waals surface area contributed by atoms with Gasteiger partial charge in [0.2, 0.25) is 5.78 Å². The van der Waals surface area contributed by atoms with E-state index in [0.29, 0.717) is 18.1 Å². The Morgan fingerprint density at radius 1 is 1.27 bits per heavy atom. The summed E-state index contributed by atoms with van der Waals surface area (Å²) in [6, 6.07) is 0. The lowest BCUT2D eigenvalue weighted by molar-refractivity contribution is 0.602. The molecule has 116 valence electrons. The molecule has 6 nitrogen and oxygen atoms in total. The number of halogens is 1. The molecule has 0 aromatic carbocycles. The molecule has 1 fully saturated rings. The quantitative estimate of drug-likeness (QED) is 0.767. The van der Waals surface area contributed by atoms with E-state index in [2.05, 4.69) is 42.6 Å². The summed E-state index contributed by atoms with van der Waals surface area (Å²) < 4.78 is 4.61. The lowest BCUT2D eigenvalue weighted by Gasteiger charge is -2.12. The molecule has 22 heavy (non-hydrogen) atoms. The molecule has 0 N–H and O–H groups in total. The van der Waals surface area contributed by atoms with Crippen LogP contribution in [0.15, 0.2) is 9.79 Å². The minimum absolute atomic E-state index is 0.00171. The number of aryl methyl sites for hydroxylation is 1. The second kappa shape index (κ2) is 5.30. The summed E-state index contributed by atoms with van der Waals surface area (Å²) in [6.45, 7) is 3.01. The zero-order valence-electron chi connectivity index (χ0n) is 12.5. The Balaban J connectivity index is 1.92. The first-order valence-electron chi connectivity index (χ1n) is 7.94. The molecule has 1 aliphatic heterocycles. The molecule has 1 aliphatic carbocycles. The summed E-state index contributed by atoms with van der Waals surface area (Å²) in [7, 11) is 0. The number of hydrogen-bond donors (Lipinski definition) is 0. The van der Waals surface area contributed by atoms with Crippen LogP contribution in [0.25, 0.3) is 5.78 Å². The Morgan fingerprint density at radius 2 is 2.09 bits per heavy atom. The smallest absolute Gasteiger partial charge is 0.266 e. The van der Waals surface area contributed by atoms with Gasteiger partial charge in [-0.15, -0.1) is 10.2 Å². The molecule has 2 aromatic heterocycles. The minimum atomic E-state index is 0.00171. The fourth-order valence-electron chi connectivity index (χ4n) is 3.06. The van der Waals surface area contributed by atoms with Crippen LogP contribution in [-0.2, 0) is 13.0 Å². The average Bonchev–Trinajstić information content (AvgIpc) is 3.12. The summed E-state index contributed by atoms with van der Waals surface area (Å²) in [5, 5.41) is 8.61. The number of nitrogens with zero attached hydrogens (tertiary/aromatic N) is 5. The van der Waals surface area contributed by atoms with Crippen LogP contribution in [0.1, 0.15) is 56.3 Å². The number of fused-ring (bicyclic) bond motifs is 2. The molecule has 0 radical (unpaired) electrons. The highest BCUT2D eigenvalue weighted by atomic mass is 79.9. The van der Waals surface area contributed by atoms with Crippen LogP contribution in [0.4, 0.5) is 5.82 Å². The minimum Gasteiger partial charge on any atom is -0.294 e. The second-order valence-electron chi connectivity index (χ2n) is 6.10. The molecule has 0 amide bonds. The van der Waals surface area contributed by atoms with Gasteiger partial charge in [0.15, 0.2) is 0 Å². The summed E-state index contributed by atoms with van der Waals surface area (Å²) in [4.78, 5) is 17.4. The topological polar surface area (TPSA) is 64.5 Å². The van der Waals surface area contributed by atoms with Gasteiger partial charge >= 0.3 is 0 Å². The van der Waals surface area contributed by atoms with Crippen molar-refractivity contribution in [1.29, 1.82) is 0 Å². The van der Waals surface area contributed by atoms with E-state index in [9.17, 15) is 4.79 Å². The van der Waals surface area contributed by atoms with Crippen molar-refractivity contribution in [2.45, 2.75) is 57.9 Å². The summed E-state index contributed by atoms with van der Waals surface area (Å²) in [5.41, 5.74) is 0.763. The van der Waals surface area contributed by atoms with Crippen LogP contribution in [0.2, 0.25) is 0 Å². The zero-order valence-corrected chi connectivity index (χ0v) is 14.1. The third-order valence-corrected chi connectivity index (χ3v) is 4.83. The molecule has 0 spiro atoms. The van der Waals surface area contributed by atoms with Gasteiger partial charge in [0.25, 0.3) is 5.56 Å². The Morgan fingerprint density at radius 3 is 2.82 bits per heavy atom. The van der Waals surface area contributed by atoms with Gasteiger partial charge in [0, 0.05) is 18.9 Å². The van der Waals surface area contributed by atoms with Gasteiger partial charge < -0.3 is 0 Å². The van der Waals surface area contributed by atoms with Crippen molar-refractivity contribution in [1.82, 2.24) is 19.2 Å². The van der Waals surface area contributed by atoms with Crippen molar-refractivity contribution in [2.24, 2.45) is 4.99 Å². The number of unbranched alkanes of at least 4 members (excludes halogenated alkanes) is 2. The van der Waals surface area contributed by atoms with Gasteiger partial charge in [-0.05, 0) is 35.2 Å². The highest BCUT2D eigenvalue weighted by Crippen LogP contribution is 2.39. The lowest BCUT2D eigenvalue weighted by Crippen LogP contribution is -2.23. The first-order valence-corrected chi connectivity index (χ1v) is 8.73. The van der Waals surface area contributed by atoms with Crippen LogP contribution in [0, 0.1) is 0 Å². The fraction of sp³-hybridized carbons (Fsp3) is 0.600. The van der Waals surface area contributed by atoms with Crippen molar-refractivity contribution in [3.8, 4) is 0 Å². The van der Waals surface area contributed by atoms with Crippen molar-refractivity contribution < 1.29 is 0 Å². The predicted octanol–water partition coefficient (Wildman–Crippen LogP) is 2.94. The molecular weight excluding hydrogens is 346 g/mol. The van der Waals surface area contributed by atoms with E-state index in [1.54, 1.807) is 4.40 Å². The summed E-state index contributed by atoms with van der Waals surface area (Å²) in [5.74, 6) is 2.63. The normalized spacial score (nSPS) is 17.1. The molecule has 7 heteroatoms. The van der Waals surface area contributed by atoms with Gasteiger partial charge in [-0.1, -0.05) is 19.8 Å². The van der Waals surface area contributed by atoms with E-state index in [-0.39, 0.29) is 5.56 Å². The molecule has 0 saturated heterocycles. The zero-order chi connectivity index (χ0) is 15.3. The number of aromatic nitrogens is 4. The third-order valence-electron chi connectivity index (χ3n) is 4.38. The highest BCUT2D eigenvalue weighted by Gasteiger charge is 2.32. The molecule has 3 heterocycles. The predicted molar refractivity (Wildman–Crippen MR) is 88.5 cm³/mol. The van der Waals surface area contributed by atoms with Crippen LogP contribution in [-0.4, -0.2) is 23.8 Å². The van der Waals surface area contributed by atoms with Gasteiger partial charge in [0.1, 0.15) is 11.6 Å². The maximum Gasteiger partial charge on any atom is 0.266 e. The molecule has 0 unspecified atom stereocenters. The van der Waals surface area contributed by atoms with E-state index >= 15 is 0 Å². The van der Waals surface area contributed by atoms with Gasteiger partial charge in [0.05, 0.1) is 10.2 Å². The van der Waals surface area contributed by atoms with Gasteiger partial charge in [-0.3, -0.25) is 9.36 Å². The summed E-state index contributed by atoms with van der Waals surface area (Å²) >= 11 is 3.44. The molecule has 4 rings (SSSR count). The SMILES string of the molecule is CCCCCn1c2c(c(=O)n3c(C4CC4)nnc13)CC(Br)=N2. The molecule has 1 saturated carbocycles. The van der Waals surface area contributed by atoms with Crippen LogP contribution < -0.4 is 5.56 Å². The van der Waals surface area contributed by atoms with Crippen LogP contribution in [0.3, 0.4) is 0 Å². The molecular formula is C15H18BrN5O. The Hall–Kier alpha value is -1.50. The van der Waals surface area contributed by atoms with E-state index < -0.39 is 0 Å². The number of hydrogen-bond acceptors (Lipinski definition) is 4. The molecule has 2 aromatic rings. The average molecular weight is 364 g/mol. The standard InChI is InChI=1S/C15H18BrN5O/c1-2-3-4-7-20-13-10(8-11(16)17-13)14(22)21-12(9-5-6-9)18-19-15(20)21/h9H,2-8H2,1H3. The third kappa shape index (κ3) is 2.14. The highest BCUT2D eigenvalue weighted by molar-refractivity contribution is 9.18. The van der Waals surface area contributed by atoms with Crippen LogP contribution >= 0.6 is 15.9 Å². The van der Waals surface area contributed by atoms with Crippen molar-refractivity contribution in [3.63, 3.8) is 0 Å². The van der Waals surface area contributed by atoms with Crippen molar-refractivity contribution >= 4 is 32.1 Å². The van der Waals surface area contributed by atoms with Crippen molar-refractivity contribution in [3.05, 3.63) is 21.7 Å². The monoisotopic (exact) mass is 363 g/mol. The van der Waals surface area contributed by atoms with Gasteiger partial charge in [-0.25, -0.2) is 9.39 Å². The van der Waals surface area contributed by atoms with E-state index in [4.69, 9.17) is 0 Å². The fourth-order valence-corrected chi connectivity index (χ4v) is 3.51. The Kier molecular flexibility index (Phi) is 3.40. The maximum absolute atomic E-state index is 12.8. The lowest BCUT2D eigenvalue weighted by atomic mass is 10.2. The molecule has 2 aliphatic rings. The molecule has 0 atom stereocenters. The van der Waals surface area contributed by atoms with E-state index in [1.165, 1.54) is 0 Å². The first-order chi connectivity index (χ1) is 10.7. The van der Waals surface area contributed by atoms with Gasteiger partial charge in [-0.2, -0.15) is 0 Å². The van der Waals surface area contributed by atoms with Crippen LogP contribution in [0.5, 0.6) is 0 Å². The Bertz CT molecular complexity index is 831. The summed E-state index contributed by atoms with van der Waals surface area (Å²) in [6.07, 6.45) is 6.15. The molecule has 0 bridgehead atoms. The number of aliphatic imine (C=N–C) groups is 1. The maximum atomic E-state index is 12.8. The Labute approximate surface area is 136 Å². The van der Waals surface area contributed by atoms with E-state index in [1.807, 2.05) is 0 Å². The first kappa shape index (κ1) is 14.1. The number of rotatable bonds is 5. The van der Waals surface area contributed by atoms with E-state index in [0.717, 1.165) is 60.5 Å². The second-order valence-corrected chi connectivity index (χ2v) is 7.01.